The maximum atomic E-state index is 11.9. The number of carbonyl (C=O) groups is 1. The average molecular weight is 273 g/mol. The molecule has 0 amide bonds. The standard InChI is InChI=1S/C16H19NOS/c1-17(10-9-16-8-5-11-19-16)13-15(18)12-14-6-3-2-4-7-14/h2-8,11H,9-10,12-13H2,1H3. The van der Waals surface area contributed by atoms with E-state index in [0.29, 0.717) is 13.0 Å². The highest BCUT2D eigenvalue weighted by molar-refractivity contribution is 7.09. The number of ketones is 1. The van der Waals surface area contributed by atoms with Crippen LogP contribution in [0, 0.1) is 0 Å². The summed E-state index contributed by atoms with van der Waals surface area (Å²) in [5.74, 6) is 0.278. The van der Waals surface area contributed by atoms with Crippen molar-refractivity contribution in [1.82, 2.24) is 4.90 Å². The number of rotatable bonds is 7. The maximum absolute atomic E-state index is 11.9. The first-order valence-corrected chi connectivity index (χ1v) is 7.38. The third kappa shape index (κ3) is 4.97. The molecule has 0 fully saturated rings. The minimum atomic E-state index is 0.278. The summed E-state index contributed by atoms with van der Waals surface area (Å²) in [6, 6.07) is 14.1. The Balaban J connectivity index is 1.72. The highest BCUT2D eigenvalue weighted by atomic mass is 32.1. The van der Waals surface area contributed by atoms with Crippen LogP contribution in [-0.2, 0) is 17.6 Å². The molecule has 2 aromatic rings. The monoisotopic (exact) mass is 273 g/mol. The lowest BCUT2D eigenvalue weighted by atomic mass is 10.1. The minimum Gasteiger partial charge on any atom is -0.299 e. The van der Waals surface area contributed by atoms with Gasteiger partial charge in [-0.25, -0.2) is 0 Å². The summed E-state index contributed by atoms with van der Waals surface area (Å²) in [6.45, 7) is 1.46. The second-order valence-corrected chi connectivity index (χ2v) is 5.80. The van der Waals surface area contributed by atoms with Gasteiger partial charge in [-0.1, -0.05) is 36.4 Å². The second kappa shape index (κ2) is 7.22. The van der Waals surface area contributed by atoms with Crippen LogP contribution in [0.4, 0.5) is 0 Å². The smallest absolute Gasteiger partial charge is 0.151 e. The Morgan fingerprint density at radius 3 is 2.63 bits per heavy atom. The molecule has 0 bridgehead atoms. The van der Waals surface area contributed by atoms with Crippen molar-refractivity contribution in [1.29, 1.82) is 0 Å². The fourth-order valence-electron chi connectivity index (χ4n) is 2.02. The van der Waals surface area contributed by atoms with Gasteiger partial charge in [0.1, 0.15) is 0 Å². The van der Waals surface area contributed by atoms with Gasteiger partial charge in [-0.15, -0.1) is 11.3 Å². The Morgan fingerprint density at radius 1 is 1.16 bits per heavy atom. The molecule has 0 unspecified atom stereocenters. The van der Waals surface area contributed by atoms with Crippen molar-refractivity contribution in [3.63, 3.8) is 0 Å². The molecule has 0 N–H and O–H groups in total. The van der Waals surface area contributed by atoms with Gasteiger partial charge in [-0.2, -0.15) is 0 Å². The topological polar surface area (TPSA) is 20.3 Å². The first-order chi connectivity index (χ1) is 9.24. The normalized spacial score (nSPS) is 10.8. The number of Topliss-reactive ketones (excluding diaryl/α,β-unsaturated/α-hetero) is 1. The van der Waals surface area contributed by atoms with Crippen molar-refractivity contribution < 1.29 is 4.79 Å². The molecule has 0 aliphatic heterocycles. The Bertz CT molecular complexity index is 493. The van der Waals surface area contributed by atoms with Gasteiger partial charge in [0.15, 0.2) is 5.78 Å². The quantitative estimate of drug-likeness (QED) is 0.773. The number of carbonyl (C=O) groups excluding carboxylic acids is 1. The van der Waals surface area contributed by atoms with Crippen molar-refractivity contribution in [2.24, 2.45) is 0 Å². The third-order valence-corrected chi connectivity index (χ3v) is 3.95. The number of likely N-dealkylation sites (N-methyl/N-ethyl adjacent to an activating group) is 1. The largest absolute Gasteiger partial charge is 0.299 e. The summed E-state index contributed by atoms with van der Waals surface area (Å²) in [5.41, 5.74) is 1.10. The lowest BCUT2D eigenvalue weighted by Gasteiger charge is -2.15. The summed E-state index contributed by atoms with van der Waals surface area (Å²) in [7, 11) is 2.01. The second-order valence-electron chi connectivity index (χ2n) is 4.77. The summed E-state index contributed by atoms with van der Waals surface area (Å²) in [4.78, 5) is 15.4. The van der Waals surface area contributed by atoms with Crippen LogP contribution in [0.2, 0.25) is 0 Å². The van der Waals surface area contributed by atoms with E-state index in [1.807, 2.05) is 37.4 Å². The highest BCUT2D eigenvalue weighted by Crippen LogP contribution is 2.09. The van der Waals surface area contributed by atoms with Gasteiger partial charge in [0.05, 0.1) is 6.54 Å². The summed E-state index contributed by atoms with van der Waals surface area (Å²) >= 11 is 1.77. The zero-order valence-electron chi connectivity index (χ0n) is 11.2. The van der Waals surface area contributed by atoms with Crippen LogP contribution in [-0.4, -0.2) is 30.8 Å². The van der Waals surface area contributed by atoms with E-state index in [9.17, 15) is 4.79 Å². The zero-order valence-corrected chi connectivity index (χ0v) is 12.0. The molecule has 1 heterocycles. The fourth-order valence-corrected chi connectivity index (χ4v) is 2.71. The van der Waals surface area contributed by atoms with E-state index < -0.39 is 0 Å². The zero-order chi connectivity index (χ0) is 13.5. The van der Waals surface area contributed by atoms with E-state index in [-0.39, 0.29) is 5.78 Å². The molecule has 0 saturated carbocycles. The van der Waals surface area contributed by atoms with Crippen LogP contribution in [0.5, 0.6) is 0 Å². The van der Waals surface area contributed by atoms with Gasteiger partial charge in [0, 0.05) is 17.8 Å². The van der Waals surface area contributed by atoms with Crippen LogP contribution in [0.1, 0.15) is 10.4 Å². The van der Waals surface area contributed by atoms with Gasteiger partial charge in [-0.3, -0.25) is 9.69 Å². The van der Waals surface area contributed by atoms with E-state index in [0.717, 1.165) is 18.5 Å². The summed E-state index contributed by atoms with van der Waals surface area (Å²) < 4.78 is 0. The number of hydrogen-bond donors (Lipinski definition) is 0. The van der Waals surface area contributed by atoms with E-state index in [4.69, 9.17) is 0 Å². The predicted molar refractivity (Wildman–Crippen MR) is 80.7 cm³/mol. The number of hydrogen-bond acceptors (Lipinski definition) is 3. The lowest BCUT2D eigenvalue weighted by molar-refractivity contribution is -0.119. The molecule has 1 aromatic carbocycles. The molecule has 0 aliphatic rings. The molecule has 19 heavy (non-hydrogen) atoms. The van der Waals surface area contributed by atoms with Crippen molar-refractivity contribution in [2.45, 2.75) is 12.8 Å². The number of nitrogens with zero attached hydrogens (tertiary/aromatic N) is 1. The Kier molecular flexibility index (Phi) is 5.31. The Morgan fingerprint density at radius 2 is 1.95 bits per heavy atom. The number of thiophene rings is 1. The van der Waals surface area contributed by atoms with Gasteiger partial charge < -0.3 is 0 Å². The van der Waals surface area contributed by atoms with Crippen LogP contribution in [0.3, 0.4) is 0 Å². The Labute approximate surface area is 118 Å². The van der Waals surface area contributed by atoms with Crippen molar-refractivity contribution in [3.05, 3.63) is 58.3 Å². The molecule has 0 radical (unpaired) electrons. The first-order valence-electron chi connectivity index (χ1n) is 6.50. The molecular weight excluding hydrogens is 254 g/mol. The van der Waals surface area contributed by atoms with Crippen LogP contribution in [0.25, 0.3) is 0 Å². The van der Waals surface area contributed by atoms with Gasteiger partial charge >= 0.3 is 0 Å². The number of benzene rings is 1. The predicted octanol–water partition coefficient (Wildman–Crippen LogP) is 3.03. The molecule has 0 atom stereocenters. The Hall–Kier alpha value is -1.45. The summed E-state index contributed by atoms with van der Waals surface area (Å²) in [5, 5.41) is 2.09. The van der Waals surface area contributed by atoms with Gasteiger partial charge in [-0.05, 0) is 30.5 Å². The fraction of sp³-hybridized carbons (Fsp3) is 0.312. The van der Waals surface area contributed by atoms with Crippen molar-refractivity contribution in [3.8, 4) is 0 Å². The molecule has 0 saturated heterocycles. The molecule has 1 aromatic heterocycles. The maximum Gasteiger partial charge on any atom is 0.151 e. The van der Waals surface area contributed by atoms with Crippen LogP contribution >= 0.6 is 11.3 Å². The van der Waals surface area contributed by atoms with Crippen molar-refractivity contribution >= 4 is 17.1 Å². The van der Waals surface area contributed by atoms with Gasteiger partial charge in [0.25, 0.3) is 0 Å². The lowest BCUT2D eigenvalue weighted by Crippen LogP contribution is -2.28. The third-order valence-electron chi connectivity index (χ3n) is 3.01. The SMILES string of the molecule is CN(CCc1cccs1)CC(=O)Cc1ccccc1. The van der Waals surface area contributed by atoms with E-state index in [2.05, 4.69) is 22.4 Å². The van der Waals surface area contributed by atoms with Crippen LogP contribution in [0.15, 0.2) is 47.8 Å². The molecule has 100 valence electrons. The van der Waals surface area contributed by atoms with E-state index in [1.165, 1.54) is 4.88 Å². The first kappa shape index (κ1) is 14.0. The molecule has 2 rings (SSSR count). The van der Waals surface area contributed by atoms with E-state index in [1.54, 1.807) is 11.3 Å². The molecule has 3 heteroatoms. The molecule has 0 spiro atoms. The molecular formula is C16H19NOS. The average Bonchev–Trinajstić information content (AvgIpc) is 2.90. The molecule has 0 aliphatic carbocycles. The minimum absolute atomic E-state index is 0.278. The van der Waals surface area contributed by atoms with E-state index >= 15 is 0 Å². The van der Waals surface area contributed by atoms with Crippen molar-refractivity contribution in [2.75, 3.05) is 20.1 Å². The summed E-state index contributed by atoms with van der Waals surface area (Å²) in [6.07, 6.45) is 1.55. The van der Waals surface area contributed by atoms with Gasteiger partial charge in [0.2, 0.25) is 0 Å². The highest BCUT2D eigenvalue weighted by Gasteiger charge is 2.07. The van der Waals surface area contributed by atoms with Crippen LogP contribution < -0.4 is 0 Å². The molecule has 2 nitrogen and oxygen atoms in total.